The lowest BCUT2D eigenvalue weighted by atomic mass is 9.74. The van der Waals surface area contributed by atoms with Gasteiger partial charge >= 0.3 is 0 Å². The summed E-state index contributed by atoms with van der Waals surface area (Å²) in [7, 11) is 0. The van der Waals surface area contributed by atoms with Crippen LogP contribution in [0.5, 0.6) is 0 Å². The molecular weight excluding hydrogens is 823 g/mol. The highest BCUT2D eigenvalue weighted by molar-refractivity contribution is 5.78. The van der Waals surface area contributed by atoms with Crippen molar-refractivity contribution in [1.82, 2.24) is 37.2 Å². The lowest BCUT2D eigenvalue weighted by Crippen LogP contribution is -2.58. The Morgan fingerprint density at radius 1 is 0.469 bits per heavy atom. The molecule has 17 nitrogen and oxygen atoms in total. The molecule has 17 heteroatoms. The van der Waals surface area contributed by atoms with Crippen molar-refractivity contribution in [3.8, 4) is 0 Å². The Morgan fingerprint density at radius 3 is 1.20 bits per heavy atom. The van der Waals surface area contributed by atoms with E-state index in [2.05, 4.69) is 44.1 Å². The molecule has 0 spiro atoms. The van der Waals surface area contributed by atoms with Crippen LogP contribution in [0.2, 0.25) is 0 Å². The average Bonchev–Trinajstić information content (AvgIpc) is 3.81. The first kappa shape index (κ1) is 58.2. The second-order valence-electron chi connectivity index (χ2n) is 17.4. The van der Waals surface area contributed by atoms with Crippen LogP contribution in [0.15, 0.2) is 0 Å². The van der Waals surface area contributed by atoms with E-state index in [0.29, 0.717) is 65.0 Å². The standard InChI is InChI=1S/C33H61N7O10.C14H26/c1-5-10-29(44)36-18-9-19-39-32(47)13-22-50-25-33(40-28(43)6-2,23-48-20-11-30(45)37-16-7-14-34-26(3)41)24-49-21-12-31(46)38-17-8-15-35-27(4)42;1-2-5-12-8-10-14(11-9-12)13-6-3-4-7-13/h5-25H2,1-4H3,(H,34,41)(H,35,42)(H,36,44)(H,37,45)(H,38,46)(H,39,47)(H,40,43);12-14H,2-11H2,1H3. The fourth-order valence-corrected chi connectivity index (χ4v) is 7.99. The maximum Gasteiger partial charge on any atom is 0.222 e. The van der Waals surface area contributed by atoms with Crippen molar-refractivity contribution in [3.63, 3.8) is 0 Å². The molecule has 64 heavy (non-hydrogen) atoms. The Labute approximate surface area is 384 Å². The van der Waals surface area contributed by atoms with Gasteiger partial charge in [-0.15, -0.1) is 0 Å². The van der Waals surface area contributed by atoms with Crippen molar-refractivity contribution in [2.24, 2.45) is 17.8 Å². The minimum atomic E-state index is -1.18. The number of ether oxygens (including phenoxy) is 3. The van der Waals surface area contributed by atoms with Crippen molar-refractivity contribution >= 4 is 41.4 Å². The molecule has 0 aromatic rings. The van der Waals surface area contributed by atoms with Gasteiger partial charge in [-0.1, -0.05) is 72.1 Å². The molecule has 0 atom stereocenters. The van der Waals surface area contributed by atoms with E-state index in [-0.39, 0.29) is 107 Å². The van der Waals surface area contributed by atoms with Crippen LogP contribution in [-0.4, -0.2) is 126 Å². The fraction of sp³-hybridized carbons (Fsp3) is 0.851. The summed E-state index contributed by atoms with van der Waals surface area (Å²) >= 11 is 0. The zero-order chi connectivity index (χ0) is 47.3. The van der Waals surface area contributed by atoms with Crippen LogP contribution in [0.25, 0.3) is 0 Å². The summed E-state index contributed by atoms with van der Waals surface area (Å²) in [5, 5.41) is 19.3. The topological polar surface area (TPSA) is 231 Å². The predicted octanol–water partition coefficient (Wildman–Crippen LogP) is 3.96. The van der Waals surface area contributed by atoms with Crippen molar-refractivity contribution in [1.29, 1.82) is 0 Å². The molecule has 370 valence electrons. The zero-order valence-corrected chi connectivity index (χ0v) is 40.2. The summed E-state index contributed by atoms with van der Waals surface area (Å²) in [6, 6.07) is 0. The van der Waals surface area contributed by atoms with Gasteiger partial charge in [0.2, 0.25) is 41.4 Å². The third kappa shape index (κ3) is 31.1. The van der Waals surface area contributed by atoms with E-state index in [9.17, 15) is 33.6 Å². The normalized spacial score (nSPS) is 16.1. The van der Waals surface area contributed by atoms with E-state index in [4.69, 9.17) is 14.2 Å². The van der Waals surface area contributed by atoms with E-state index < -0.39 is 5.54 Å². The van der Waals surface area contributed by atoms with E-state index in [1.807, 2.05) is 6.92 Å². The lowest BCUT2D eigenvalue weighted by molar-refractivity contribution is -0.130. The summed E-state index contributed by atoms with van der Waals surface area (Å²) in [6.45, 7) is 11.3. The second kappa shape index (κ2) is 37.4. The Morgan fingerprint density at radius 2 is 0.844 bits per heavy atom. The Balaban J connectivity index is 0.00000122. The van der Waals surface area contributed by atoms with Gasteiger partial charge in [-0.25, -0.2) is 0 Å². The first-order chi connectivity index (χ1) is 30.8. The van der Waals surface area contributed by atoms with Crippen molar-refractivity contribution in [3.05, 3.63) is 0 Å². The number of hydrogen-bond acceptors (Lipinski definition) is 10. The molecule has 0 saturated heterocycles. The van der Waals surface area contributed by atoms with E-state index in [1.165, 1.54) is 39.5 Å². The van der Waals surface area contributed by atoms with Crippen molar-refractivity contribution in [2.75, 3.05) is 78.9 Å². The SMILES string of the molecule is CCCC(=O)NCCCNC(=O)CCOCC(COCCC(=O)NCCCNC(C)=O)(COCCC(=O)NCCCNC(C)=O)NC(=O)CC.CCCC1CCC(C2CCCC2)CC1. The van der Waals surface area contributed by atoms with Crippen LogP contribution in [-0.2, 0) is 47.8 Å². The highest BCUT2D eigenvalue weighted by Gasteiger charge is 2.34. The average molecular weight is 910 g/mol. The molecule has 0 aromatic carbocycles. The molecule has 2 aliphatic rings. The summed E-state index contributed by atoms with van der Waals surface area (Å²) in [5.74, 6) is 2.07. The van der Waals surface area contributed by atoms with Crippen LogP contribution in [0.1, 0.15) is 157 Å². The molecule has 7 amide bonds. The molecule has 0 unspecified atom stereocenters. The fourth-order valence-electron chi connectivity index (χ4n) is 7.99. The molecule has 0 radical (unpaired) electrons. The molecule has 2 saturated carbocycles. The number of nitrogens with one attached hydrogen (secondary N) is 7. The minimum absolute atomic E-state index is 0.0177. The predicted molar refractivity (Wildman–Crippen MR) is 248 cm³/mol. The smallest absolute Gasteiger partial charge is 0.222 e. The van der Waals surface area contributed by atoms with Crippen LogP contribution >= 0.6 is 0 Å². The molecule has 2 fully saturated rings. The Bertz CT molecular complexity index is 1280. The number of carbonyl (C=O) groups excluding carboxylic acids is 7. The Kier molecular flexibility index (Phi) is 34.0. The van der Waals surface area contributed by atoms with Gasteiger partial charge < -0.3 is 51.4 Å². The second-order valence-corrected chi connectivity index (χ2v) is 17.4. The summed E-state index contributed by atoms with van der Waals surface area (Å²) in [5.41, 5.74) is -1.18. The van der Waals surface area contributed by atoms with E-state index in [0.717, 1.165) is 24.2 Å². The zero-order valence-electron chi connectivity index (χ0n) is 40.2. The number of carbonyl (C=O) groups is 7. The highest BCUT2D eigenvalue weighted by Crippen LogP contribution is 2.41. The van der Waals surface area contributed by atoms with E-state index >= 15 is 0 Å². The van der Waals surface area contributed by atoms with Crippen molar-refractivity contribution < 1.29 is 47.8 Å². The van der Waals surface area contributed by atoms with Crippen molar-refractivity contribution in [2.45, 2.75) is 162 Å². The molecule has 0 aliphatic heterocycles. The van der Waals surface area contributed by atoms with Crippen LogP contribution < -0.4 is 37.2 Å². The van der Waals surface area contributed by atoms with Crippen LogP contribution in [0, 0.1) is 17.8 Å². The Hall–Kier alpha value is -3.83. The molecule has 7 N–H and O–H groups in total. The van der Waals surface area contributed by atoms with Gasteiger partial charge in [0.25, 0.3) is 0 Å². The molecule has 0 aromatic heterocycles. The van der Waals surface area contributed by atoms with Gasteiger partial charge in [0, 0.05) is 85.2 Å². The molecule has 2 rings (SSSR count). The molecular formula is C47H87N7O10. The minimum Gasteiger partial charge on any atom is -0.378 e. The van der Waals surface area contributed by atoms with Crippen LogP contribution in [0.4, 0.5) is 0 Å². The highest BCUT2D eigenvalue weighted by atomic mass is 16.5. The van der Waals surface area contributed by atoms with Gasteiger partial charge in [-0.05, 0) is 56.3 Å². The quantitative estimate of drug-likeness (QED) is 0.0460. The van der Waals surface area contributed by atoms with Gasteiger partial charge in [0.15, 0.2) is 0 Å². The molecule has 2 aliphatic carbocycles. The maximum absolute atomic E-state index is 12.6. The number of rotatable bonds is 34. The van der Waals surface area contributed by atoms with Gasteiger partial charge in [-0.3, -0.25) is 33.6 Å². The van der Waals surface area contributed by atoms with Crippen LogP contribution in [0.3, 0.4) is 0 Å². The van der Waals surface area contributed by atoms with Gasteiger partial charge in [-0.2, -0.15) is 0 Å². The molecule has 0 heterocycles. The third-order valence-electron chi connectivity index (χ3n) is 11.5. The largest absolute Gasteiger partial charge is 0.378 e. The first-order valence-electron chi connectivity index (χ1n) is 24.4. The summed E-state index contributed by atoms with van der Waals surface area (Å²) in [4.78, 5) is 82.8. The lowest BCUT2D eigenvalue weighted by Gasteiger charge is -2.34. The number of hydrogen-bond donors (Lipinski definition) is 7. The van der Waals surface area contributed by atoms with Gasteiger partial charge in [0.05, 0.1) is 39.6 Å². The molecule has 0 bridgehead atoms. The van der Waals surface area contributed by atoms with E-state index in [1.54, 1.807) is 45.4 Å². The summed E-state index contributed by atoms with van der Waals surface area (Å²) < 4.78 is 17.5. The van der Waals surface area contributed by atoms with Gasteiger partial charge in [0.1, 0.15) is 5.54 Å². The third-order valence-corrected chi connectivity index (χ3v) is 11.5. The monoisotopic (exact) mass is 910 g/mol. The maximum atomic E-state index is 12.6. The number of amides is 7. The first-order valence-corrected chi connectivity index (χ1v) is 24.4. The summed E-state index contributed by atoms with van der Waals surface area (Å²) in [6.07, 6.45) is 18.6.